The Balaban J connectivity index is 1.59. The number of hydrogen-bond donors (Lipinski definition) is 7. The molecule has 2 aliphatic heterocycles. The minimum Gasteiger partial charge on any atom is -0.458 e. The molecule has 14 nitrogen and oxygen atoms in total. The molecule has 11 unspecified atom stereocenters. The van der Waals surface area contributed by atoms with Crippen LogP contribution in [-0.4, -0.2) is 142 Å². The molecule has 0 aromatic carbocycles. The number of hydrogen-bond acceptors (Lipinski definition) is 14. The van der Waals surface area contributed by atoms with Crippen LogP contribution >= 0.6 is 0 Å². The smallest absolute Gasteiger partial charge is 0.303 e. The van der Waals surface area contributed by atoms with Crippen molar-refractivity contribution in [2.75, 3.05) is 33.0 Å². The molecule has 0 aromatic rings. The fraction of sp³-hybridized carbons (Fsp3) is 0.651. The summed E-state index contributed by atoms with van der Waals surface area (Å²) in [6.45, 7) is 2.38. The molecule has 2 saturated heterocycles. The molecule has 0 radical (unpaired) electrons. The summed E-state index contributed by atoms with van der Waals surface area (Å²) in [6.07, 6.45) is 23.5. The standard InChI is InChI=1S/C43H68O14/c1-3-4-5-6-7-8-9-10-11-12-13-14-15-16-17-18-19-20-21-22-23-24-25-26-27-52-29-33(55-32(2)45)30-53-42-41(51)39(49)37(47)35(57-42)31-54-43-40(50)38(48)36(46)34(28-44)56-43/h4-5,7-8,10-11,13-14,16-17,19-20,22-23,33-44,46-51H,3,6,9,12,15,18,21,24-31H2,1-2H3/b5-4-,8-7-,11-10-,14-13-,17-16-,20-19-,23-22-. The number of carbonyl (C=O) groups excluding carboxylic acids is 1. The van der Waals surface area contributed by atoms with Gasteiger partial charge in [0.15, 0.2) is 12.6 Å². The van der Waals surface area contributed by atoms with Crippen LogP contribution in [0.3, 0.4) is 0 Å². The van der Waals surface area contributed by atoms with Gasteiger partial charge in [0.2, 0.25) is 0 Å². The van der Waals surface area contributed by atoms with Crippen molar-refractivity contribution in [1.29, 1.82) is 0 Å². The largest absolute Gasteiger partial charge is 0.458 e. The van der Waals surface area contributed by atoms with Crippen molar-refractivity contribution in [1.82, 2.24) is 0 Å². The summed E-state index contributed by atoms with van der Waals surface area (Å²) in [7, 11) is 0. The molecule has 57 heavy (non-hydrogen) atoms. The highest BCUT2D eigenvalue weighted by Gasteiger charge is 2.47. The summed E-state index contributed by atoms with van der Waals surface area (Å²) < 4.78 is 33.0. The quantitative estimate of drug-likeness (QED) is 0.0343. The average Bonchev–Trinajstić information content (AvgIpc) is 3.20. The van der Waals surface area contributed by atoms with E-state index in [0.29, 0.717) is 6.61 Å². The molecule has 0 spiro atoms. The van der Waals surface area contributed by atoms with E-state index in [9.17, 15) is 40.5 Å². The first-order valence-corrected chi connectivity index (χ1v) is 20.1. The van der Waals surface area contributed by atoms with E-state index in [2.05, 4.69) is 92.0 Å². The summed E-state index contributed by atoms with van der Waals surface area (Å²) in [5.74, 6) is -0.574. The highest BCUT2D eigenvalue weighted by molar-refractivity contribution is 5.66. The van der Waals surface area contributed by atoms with Gasteiger partial charge in [-0.25, -0.2) is 0 Å². The molecule has 11 atom stereocenters. The Morgan fingerprint density at radius 2 is 1.04 bits per heavy atom. The van der Waals surface area contributed by atoms with Crippen LogP contribution in [0.2, 0.25) is 0 Å². The van der Waals surface area contributed by atoms with Gasteiger partial charge >= 0.3 is 5.97 Å². The third-order valence-corrected chi connectivity index (χ3v) is 8.97. The average molecular weight is 809 g/mol. The van der Waals surface area contributed by atoms with E-state index < -0.39 is 86.7 Å². The van der Waals surface area contributed by atoms with E-state index in [4.69, 9.17) is 28.4 Å². The van der Waals surface area contributed by atoms with E-state index in [0.717, 1.165) is 64.2 Å². The Morgan fingerprint density at radius 3 is 1.53 bits per heavy atom. The van der Waals surface area contributed by atoms with Crippen molar-refractivity contribution in [3.8, 4) is 0 Å². The summed E-state index contributed by atoms with van der Waals surface area (Å²) in [4.78, 5) is 11.7. The van der Waals surface area contributed by atoms with Crippen molar-refractivity contribution in [2.24, 2.45) is 0 Å². The van der Waals surface area contributed by atoms with Gasteiger partial charge in [-0.15, -0.1) is 0 Å². The Morgan fingerprint density at radius 1 is 0.579 bits per heavy atom. The van der Waals surface area contributed by atoms with Crippen LogP contribution in [0.15, 0.2) is 85.1 Å². The van der Waals surface area contributed by atoms with Gasteiger partial charge in [-0.05, 0) is 64.2 Å². The summed E-state index contributed by atoms with van der Waals surface area (Å²) in [5, 5.41) is 70.9. The maximum atomic E-state index is 11.7. The SMILES string of the molecule is CC/C=C\C/C=C\C/C=C\C/C=C\C/C=C\C/C=C\C/C=C\CCCCOCC(COC1OC(COC2OC(CO)C(O)C(O)C2O)C(O)C(O)C1O)OC(C)=O. The number of unbranched alkanes of at least 4 members (excludes halogenated alkanes) is 2. The second-order valence-corrected chi connectivity index (χ2v) is 13.8. The molecule has 2 aliphatic rings. The van der Waals surface area contributed by atoms with Gasteiger partial charge in [0.25, 0.3) is 0 Å². The number of allylic oxidation sites excluding steroid dienone is 14. The third-order valence-electron chi connectivity index (χ3n) is 8.97. The number of aliphatic hydroxyl groups excluding tert-OH is 7. The predicted molar refractivity (Wildman–Crippen MR) is 215 cm³/mol. The maximum absolute atomic E-state index is 11.7. The first kappa shape index (κ1) is 50.3. The highest BCUT2D eigenvalue weighted by Crippen LogP contribution is 2.26. The van der Waals surface area contributed by atoms with Gasteiger partial charge in [-0.1, -0.05) is 92.0 Å². The molecule has 0 bridgehead atoms. The second-order valence-electron chi connectivity index (χ2n) is 13.8. The molecular weight excluding hydrogens is 740 g/mol. The van der Waals surface area contributed by atoms with Crippen LogP contribution in [0.25, 0.3) is 0 Å². The van der Waals surface area contributed by atoms with Crippen molar-refractivity contribution < 1.29 is 69.0 Å². The lowest BCUT2D eigenvalue weighted by Crippen LogP contribution is -2.61. The molecule has 0 aromatic heterocycles. The predicted octanol–water partition coefficient (Wildman–Crippen LogP) is 3.39. The molecule has 0 aliphatic carbocycles. The monoisotopic (exact) mass is 808 g/mol. The Hall–Kier alpha value is -2.83. The van der Waals surface area contributed by atoms with Crippen LogP contribution in [0.4, 0.5) is 0 Å². The molecule has 14 heteroatoms. The Kier molecular flexibility index (Phi) is 27.5. The molecular formula is C43H68O14. The van der Waals surface area contributed by atoms with E-state index in [1.807, 2.05) is 0 Å². The molecule has 2 heterocycles. The van der Waals surface area contributed by atoms with Gasteiger partial charge in [0, 0.05) is 13.5 Å². The van der Waals surface area contributed by atoms with E-state index in [1.165, 1.54) is 6.92 Å². The fourth-order valence-corrected chi connectivity index (χ4v) is 5.73. The first-order valence-electron chi connectivity index (χ1n) is 20.1. The summed E-state index contributed by atoms with van der Waals surface area (Å²) >= 11 is 0. The van der Waals surface area contributed by atoms with E-state index in [-0.39, 0.29) is 13.2 Å². The number of ether oxygens (including phenoxy) is 6. The van der Waals surface area contributed by atoms with Gasteiger partial charge in [0.05, 0.1) is 26.4 Å². The number of rotatable bonds is 28. The van der Waals surface area contributed by atoms with Crippen molar-refractivity contribution >= 4 is 5.97 Å². The van der Waals surface area contributed by atoms with Gasteiger partial charge < -0.3 is 64.2 Å². The molecule has 7 N–H and O–H groups in total. The molecule has 0 saturated carbocycles. The molecule has 0 amide bonds. The van der Waals surface area contributed by atoms with E-state index in [1.54, 1.807) is 0 Å². The lowest BCUT2D eigenvalue weighted by atomic mass is 9.98. The third kappa shape index (κ3) is 21.1. The van der Waals surface area contributed by atoms with Crippen LogP contribution < -0.4 is 0 Å². The highest BCUT2D eigenvalue weighted by atomic mass is 16.7. The molecule has 2 fully saturated rings. The van der Waals surface area contributed by atoms with Crippen LogP contribution in [0.1, 0.15) is 78.1 Å². The minimum absolute atomic E-state index is 0.00967. The first-order chi connectivity index (χ1) is 27.6. The van der Waals surface area contributed by atoms with Crippen molar-refractivity contribution in [2.45, 2.75) is 146 Å². The maximum Gasteiger partial charge on any atom is 0.303 e. The lowest BCUT2D eigenvalue weighted by Gasteiger charge is -2.42. The van der Waals surface area contributed by atoms with E-state index >= 15 is 0 Å². The van der Waals surface area contributed by atoms with Crippen LogP contribution in [-0.2, 0) is 33.2 Å². The number of aliphatic hydroxyl groups is 7. The van der Waals surface area contributed by atoms with Crippen molar-refractivity contribution in [3.05, 3.63) is 85.1 Å². The van der Waals surface area contributed by atoms with Gasteiger partial charge in [-0.2, -0.15) is 0 Å². The lowest BCUT2D eigenvalue weighted by molar-refractivity contribution is -0.332. The zero-order chi connectivity index (χ0) is 41.7. The topological polar surface area (TPSA) is 214 Å². The zero-order valence-corrected chi connectivity index (χ0v) is 33.5. The summed E-state index contributed by atoms with van der Waals surface area (Å²) in [6, 6.07) is 0. The van der Waals surface area contributed by atoms with Gasteiger partial charge in [-0.3, -0.25) is 4.79 Å². The molecule has 324 valence electrons. The normalized spacial score (nSPS) is 29.4. The molecule has 2 rings (SSSR count). The second kappa shape index (κ2) is 31.1. The van der Waals surface area contributed by atoms with Crippen LogP contribution in [0, 0.1) is 0 Å². The van der Waals surface area contributed by atoms with Crippen molar-refractivity contribution in [3.63, 3.8) is 0 Å². The Labute approximate surface area is 338 Å². The number of esters is 1. The zero-order valence-electron chi connectivity index (χ0n) is 33.5. The van der Waals surface area contributed by atoms with Crippen LogP contribution in [0.5, 0.6) is 0 Å². The fourth-order valence-electron chi connectivity index (χ4n) is 5.73. The minimum atomic E-state index is -1.71. The number of carbonyl (C=O) groups is 1. The van der Waals surface area contributed by atoms with Gasteiger partial charge in [0.1, 0.15) is 54.9 Å². The Bertz CT molecular complexity index is 1260. The summed E-state index contributed by atoms with van der Waals surface area (Å²) in [5.41, 5.74) is 0.